The van der Waals surface area contributed by atoms with Gasteiger partial charge in [0.05, 0.1) is 6.10 Å². The molecular weight excluding hydrogens is 412 g/mol. The molecule has 9 atom stereocenters. The lowest BCUT2D eigenvalue weighted by atomic mass is 9.46. The molecule has 0 aromatic carbocycles. The van der Waals surface area contributed by atoms with E-state index in [1.807, 2.05) is 6.08 Å². The van der Waals surface area contributed by atoms with Gasteiger partial charge in [-0.25, -0.2) is 0 Å². The molecular formula is C28H46O3Si. The Morgan fingerprint density at radius 3 is 2.59 bits per heavy atom. The molecule has 4 heteroatoms. The summed E-state index contributed by atoms with van der Waals surface area (Å²) in [5.41, 5.74) is 1.96. The van der Waals surface area contributed by atoms with E-state index >= 15 is 0 Å². The predicted octanol–water partition coefficient (Wildman–Crippen LogP) is 6.52. The zero-order valence-corrected chi connectivity index (χ0v) is 22.5. The normalized spacial score (nSPS) is 46.5. The van der Waals surface area contributed by atoms with Crippen molar-refractivity contribution in [2.75, 3.05) is 0 Å². The average molecular weight is 459 g/mol. The average Bonchev–Trinajstić information content (AvgIpc) is 3.41. The number of carbonyl (C=O) groups is 1. The molecule has 0 amide bonds. The second-order valence-corrected chi connectivity index (χ2v) is 18.5. The van der Waals surface area contributed by atoms with E-state index in [1.165, 1.54) is 37.7 Å². The smallest absolute Gasteiger partial charge is 0.188 e. The number of ketones is 1. The highest BCUT2D eigenvalue weighted by molar-refractivity contribution is 6.72. The van der Waals surface area contributed by atoms with Gasteiger partial charge >= 0.3 is 0 Å². The molecule has 3 saturated carbocycles. The summed E-state index contributed by atoms with van der Waals surface area (Å²) in [6.45, 7) is 16.3. The number of ether oxygens (including phenoxy) is 1. The third kappa shape index (κ3) is 3.29. The van der Waals surface area contributed by atoms with Crippen molar-refractivity contribution in [3.8, 4) is 0 Å². The summed E-state index contributed by atoms with van der Waals surface area (Å²) in [6.07, 6.45) is 12.1. The van der Waals surface area contributed by atoms with Crippen LogP contribution < -0.4 is 0 Å². The van der Waals surface area contributed by atoms with Gasteiger partial charge in [0.25, 0.3) is 0 Å². The largest absolute Gasteiger partial charge is 0.432 e. The van der Waals surface area contributed by atoms with Gasteiger partial charge < -0.3 is 9.53 Å². The minimum atomic E-state index is -2.15. The van der Waals surface area contributed by atoms with Crippen LogP contribution in [0, 0.1) is 40.4 Å². The molecule has 1 N–H and O–H groups in total. The molecule has 5 rings (SSSR count). The van der Waals surface area contributed by atoms with Crippen molar-refractivity contribution in [2.45, 2.75) is 116 Å². The number of hydrogen-bond acceptors (Lipinski definition) is 3. The van der Waals surface area contributed by atoms with Gasteiger partial charge in [-0.3, -0.25) is 4.79 Å². The van der Waals surface area contributed by atoms with Crippen LogP contribution in [-0.2, 0) is 9.53 Å². The standard InChI is InChI=1S/C28H46O3Si/c1-17(10-13-26(2,3)32(6,7)30)19-8-9-20-23-21(12-15-27(19,20)4)28(5)14-11-18(29)16-22(28)24-25(23)31-24/h16-17,19-21,23-25,30H,8-15H2,1-7H3/t17-,19?,20?,21?,23?,24-,25+,27-,28-/m1/s1. The van der Waals surface area contributed by atoms with E-state index in [0.717, 1.165) is 37.0 Å². The summed E-state index contributed by atoms with van der Waals surface area (Å²) in [5, 5.41) is 0.0754. The fourth-order valence-electron chi connectivity index (χ4n) is 8.88. The Morgan fingerprint density at radius 1 is 1.19 bits per heavy atom. The van der Waals surface area contributed by atoms with Crippen LogP contribution >= 0.6 is 0 Å². The quantitative estimate of drug-likeness (QED) is 0.377. The maximum atomic E-state index is 12.2. The van der Waals surface area contributed by atoms with Gasteiger partial charge in [0.2, 0.25) is 0 Å². The van der Waals surface area contributed by atoms with E-state index < -0.39 is 8.32 Å². The summed E-state index contributed by atoms with van der Waals surface area (Å²) < 4.78 is 6.37. The highest BCUT2D eigenvalue weighted by Crippen LogP contribution is 2.71. The zero-order valence-electron chi connectivity index (χ0n) is 21.5. The molecule has 0 spiro atoms. The molecule has 1 heterocycles. The van der Waals surface area contributed by atoms with Crippen LogP contribution in [0.3, 0.4) is 0 Å². The minimum Gasteiger partial charge on any atom is -0.432 e. The second kappa shape index (κ2) is 7.27. The lowest BCUT2D eigenvalue weighted by Gasteiger charge is -2.57. The van der Waals surface area contributed by atoms with Crippen LogP contribution in [0.4, 0.5) is 0 Å². The molecule has 180 valence electrons. The highest BCUT2D eigenvalue weighted by atomic mass is 28.4. The van der Waals surface area contributed by atoms with Gasteiger partial charge in [0.1, 0.15) is 6.10 Å². The monoisotopic (exact) mass is 458 g/mol. The Labute approximate surface area is 196 Å². The molecule has 0 radical (unpaired) electrons. The Hall–Kier alpha value is -0.453. The lowest BCUT2D eigenvalue weighted by Crippen LogP contribution is -2.53. The van der Waals surface area contributed by atoms with Crippen molar-refractivity contribution in [3.05, 3.63) is 11.6 Å². The van der Waals surface area contributed by atoms with E-state index in [1.54, 1.807) is 0 Å². The van der Waals surface area contributed by atoms with E-state index in [0.29, 0.717) is 29.1 Å². The Morgan fingerprint density at radius 2 is 1.91 bits per heavy atom. The molecule has 0 aromatic heterocycles. The van der Waals surface area contributed by atoms with Crippen LogP contribution in [0.5, 0.6) is 0 Å². The molecule has 32 heavy (non-hydrogen) atoms. The van der Waals surface area contributed by atoms with Gasteiger partial charge in [-0.05, 0) is 109 Å². The zero-order chi connectivity index (χ0) is 23.3. The van der Waals surface area contributed by atoms with Gasteiger partial charge in [-0.2, -0.15) is 0 Å². The van der Waals surface area contributed by atoms with E-state index in [9.17, 15) is 9.59 Å². The first-order chi connectivity index (χ1) is 14.8. The predicted molar refractivity (Wildman–Crippen MR) is 132 cm³/mol. The summed E-state index contributed by atoms with van der Waals surface area (Å²) >= 11 is 0. The first-order valence-corrected chi connectivity index (χ1v) is 16.4. The summed E-state index contributed by atoms with van der Waals surface area (Å²) in [7, 11) is -2.15. The van der Waals surface area contributed by atoms with Crippen molar-refractivity contribution < 1.29 is 14.3 Å². The lowest BCUT2D eigenvalue weighted by molar-refractivity contribution is -0.117. The van der Waals surface area contributed by atoms with Crippen molar-refractivity contribution in [3.63, 3.8) is 0 Å². The van der Waals surface area contributed by atoms with E-state index in [2.05, 4.69) is 47.7 Å². The van der Waals surface area contributed by atoms with Crippen LogP contribution in [0.25, 0.3) is 0 Å². The third-order valence-electron chi connectivity index (χ3n) is 11.9. The third-order valence-corrected chi connectivity index (χ3v) is 15.4. The van der Waals surface area contributed by atoms with Crippen LogP contribution in [0.1, 0.15) is 86.0 Å². The van der Waals surface area contributed by atoms with Crippen LogP contribution in [-0.4, -0.2) is 31.1 Å². The molecule has 1 aliphatic heterocycles. The molecule has 0 aromatic rings. The molecule has 4 unspecified atom stereocenters. The maximum Gasteiger partial charge on any atom is 0.188 e. The Kier molecular flexibility index (Phi) is 5.30. The van der Waals surface area contributed by atoms with Gasteiger partial charge in [0.15, 0.2) is 14.1 Å². The molecule has 4 aliphatic carbocycles. The molecule has 1 saturated heterocycles. The Balaban J connectivity index is 1.35. The van der Waals surface area contributed by atoms with Crippen LogP contribution in [0.2, 0.25) is 18.1 Å². The fourth-order valence-corrected chi connectivity index (χ4v) is 9.63. The number of carbonyl (C=O) groups excluding carboxylic acids is 1. The first kappa shape index (κ1) is 23.3. The van der Waals surface area contributed by atoms with E-state index in [4.69, 9.17) is 4.74 Å². The summed E-state index contributed by atoms with van der Waals surface area (Å²) in [5.74, 6) is 3.98. The number of hydrogen-bond donors (Lipinski definition) is 1. The maximum absolute atomic E-state index is 12.2. The van der Waals surface area contributed by atoms with Crippen LogP contribution in [0.15, 0.2) is 11.6 Å². The van der Waals surface area contributed by atoms with Crippen molar-refractivity contribution in [2.24, 2.45) is 40.4 Å². The Bertz CT molecular complexity index is 825. The highest BCUT2D eigenvalue weighted by Gasteiger charge is 2.69. The minimum absolute atomic E-state index is 0.0754. The molecule has 4 fully saturated rings. The van der Waals surface area contributed by atoms with Gasteiger partial charge in [-0.15, -0.1) is 0 Å². The van der Waals surface area contributed by atoms with Crippen molar-refractivity contribution in [1.82, 2.24) is 0 Å². The SMILES string of the molecule is C[C@H](CCC(C)(C)[Si](C)(C)O)C1CCC2C3C(CC[C@@]21C)[C@@]1(C)CCC(=O)C=C1[C@H]1O[C@@H]31. The fraction of sp³-hybridized carbons (Fsp3) is 0.893. The number of fused-ring (bicyclic) bond motifs is 8. The topological polar surface area (TPSA) is 49.8 Å². The van der Waals surface area contributed by atoms with Gasteiger partial charge in [-0.1, -0.05) is 41.0 Å². The molecule has 0 bridgehead atoms. The second-order valence-electron chi connectivity index (χ2n) is 14.0. The first-order valence-electron chi connectivity index (χ1n) is 13.4. The summed E-state index contributed by atoms with van der Waals surface area (Å²) in [4.78, 5) is 22.9. The summed E-state index contributed by atoms with van der Waals surface area (Å²) in [6, 6.07) is 0. The molecule has 3 nitrogen and oxygen atoms in total. The number of epoxide rings is 1. The molecule has 5 aliphatic rings. The van der Waals surface area contributed by atoms with Crippen molar-refractivity contribution >= 4 is 14.1 Å². The van der Waals surface area contributed by atoms with E-state index in [-0.39, 0.29) is 16.6 Å². The number of rotatable bonds is 5. The van der Waals surface area contributed by atoms with Gasteiger partial charge in [0, 0.05) is 6.42 Å². The van der Waals surface area contributed by atoms with Crippen molar-refractivity contribution in [1.29, 1.82) is 0 Å².